The Morgan fingerprint density at radius 3 is 2.46 bits per heavy atom. The van der Waals surface area contributed by atoms with Crippen molar-refractivity contribution in [2.24, 2.45) is 0 Å². The van der Waals surface area contributed by atoms with Crippen LogP contribution < -0.4 is 10.0 Å². The average Bonchev–Trinajstić information content (AvgIpc) is 2.55. The second-order valence-electron chi connectivity index (χ2n) is 5.59. The van der Waals surface area contributed by atoms with E-state index in [0.717, 1.165) is 38.1 Å². The molecule has 24 heavy (non-hydrogen) atoms. The zero-order valence-corrected chi connectivity index (χ0v) is 15.1. The lowest BCUT2D eigenvalue weighted by atomic mass is 10.1. The van der Waals surface area contributed by atoms with Crippen LogP contribution in [0.3, 0.4) is 0 Å². The average molecular weight is 380 g/mol. The van der Waals surface area contributed by atoms with Crippen molar-refractivity contribution < 1.29 is 17.6 Å². The molecule has 0 saturated carbocycles. The molecule has 0 unspecified atom stereocenters. The summed E-state index contributed by atoms with van der Waals surface area (Å²) in [5.74, 6) is -0.582. The number of sulfonamides is 1. The Kier molecular flexibility index (Phi) is 8.08. The highest BCUT2D eigenvalue weighted by atomic mass is 35.5. The van der Waals surface area contributed by atoms with Gasteiger partial charge in [-0.3, -0.25) is 4.79 Å². The van der Waals surface area contributed by atoms with E-state index in [4.69, 9.17) is 0 Å². The van der Waals surface area contributed by atoms with Gasteiger partial charge in [0.25, 0.3) is 0 Å². The van der Waals surface area contributed by atoms with Gasteiger partial charge < -0.3 is 10.2 Å². The SMILES string of the molecule is CN(C(=O)CCNS(=O)(=O)c1ccc(F)cc1)C1CCNCC1.Cl. The molecule has 2 rings (SSSR count). The van der Waals surface area contributed by atoms with Gasteiger partial charge in [-0.1, -0.05) is 0 Å². The number of hydrogen-bond acceptors (Lipinski definition) is 4. The summed E-state index contributed by atoms with van der Waals surface area (Å²) in [6.07, 6.45) is 1.91. The van der Waals surface area contributed by atoms with Crippen LogP contribution in [0.4, 0.5) is 4.39 Å². The number of carbonyl (C=O) groups is 1. The van der Waals surface area contributed by atoms with Crippen molar-refractivity contribution in [2.45, 2.75) is 30.2 Å². The highest BCUT2D eigenvalue weighted by Crippen LogP contribution is 2.12. The third-order valence-electron chi connectivity index (χ3n) is 4.00. The quantitative estimate of drug-likeness (QED) is 0.776. The molecule has 1 aliphatic rings. The summed E-state index contributed by atoms with van der Waals surface area (Å²) < 4.78 is 39.3. The maximum Gasteiger partial charge on any atom is 0.240 e. The summed E-state index contributed by atoms with van der Waals surface area (Å²) in [5.41, 5.74) is 0. The first kappa shape index (κ1) is 20.8. The fourth-order valence-electron chi connectivity index (χ4n) is 2.56. The maximum atomic E-state index is 12.8. The van der Waals surface area contributed by atoms with Gasteiger partial charge in [0.1, 0.15) is 5.82 Å². The van der Waals surface area contributed by atoms with Crippen molar-refractivity contribution in [3.8, 4) is 0 Å². The van der Waals surface area contributed by atoms with Gasteiger partial charge in [-0.2, -0.15) is 0 Å². The Bertz CT molecular complexity index is 634. The summed E-state index contributed by atoms with van der Waals surface area (Å²) in [6.45, 7) is 1.80. The van der Waals surface area contributed by atoms with Gasteiger partial charge in [0.05, 0.1) is 4.90 Å². The number of benzene rings is 1. The van der Waals surface area contributed by atoms with Crippen molar-refractivity contribution in [2.75, 3.05) is 26.7 Å². The van der Waals surface area contributed by atoms with Crippen molar-refractivity contribution >= 4 is 28.3 Å². The number of piperidine rings is 1. The molecule has 1 saturated heterocycles. The molecule has 0 spiro atoms. The summed E-state index contributed by atoms with van der Waals surface area (Å²) in [7, 11) is -1.96. The molecule has 1 fully saturated rings. The van der Waals surface area contributed by atoms with E-state index < -0.39 is 15.8 Å². The van der Waals surface area contributed by atoms with Gasteiger partial charge in [0.2, 0.25) is 15.9 Å². The number of nitrogens with one attached hydrogen (secondary N) is 2. The number of amides is 1. The molecular formula is C15H23ClFN3O3S. The third-order valence-corrected chi connectivity index (χ3v) is 5.48. The van der Waals surface area contributed by atoms with Gasteiger partial charge in [-0.05, 0) is 50.2 Å². The lowest BCUT2D eigenvalue weighted by Gasteiger charge is -2.31. The van der Waals surface area contributed by atoms with Crippen LogP contribution in [0.5, 0.6) is 0 Å². The lowest BCUT2D eigenvalue weighted by molar-refractivity contribution is -0.132. The second-order valence-corrected chi connectivity index (χ2v) is 7.35. The Morgan fingerprint density at radius 2 is 1.88 bits per heavy atom. The van der Waals surface area contributed by atoms with Gasteiger partial charge in [-0.15, -0.1) is 12.4 Å². The van der Waals surface area contributed by atoms with E-state index in [2.05, 4.69) is 10.0 Å². The van der Waals surface area contributed by atoms with Crippen molar-refractivity contribution in [1.82, 2.24) is 14.9 Å². The van der Waals surface area contributed by atoms with Gasteiger partial charge >= 0.3 is 0 Å². The fraction of sp³-hybridized carbons (Fsp3) is 0.533. The summed E-state index contributed by atoms with van der Waals surface area (Å²) in [4.78, 5) is 13.8. The molecule has 0 atom stereocenters. The first-order valence-electron chi connectivity index (χ1n) is 7.62. The van der Waals surface area contributed by atoms with Crippen LogP contribution in [0.25, 0.3) is 0 Å². The topological polar surface area (TPSA) is 78.5 Å². The molecule has 9 heteroatoms. The first-order valence-corrected chi connectivity index (χ1v) is 9.10. The van der Waals surface area contributed by atoms with Crippen molar-refractivity contribution in [3.05, 3.63) is 30.1 Å². The normalized spacial score (nSPS) is 15.6. The molecule has 6 nitrogen and oxygen atoms in total. The first-order chi connectivity index (χ1) is 10.9. The highest BCUT2D eigenvalue weighted by molar-refractivity contribution is 7.89. The molecule has 136 valence electrons. The van der Waals surface area contributed by atoms with Crippen LogP contribution in [0.15, 0.2) is 29.2 Å². The van der Waals surface area contributed by atoms with E-state index >= 15 is 0 Å². The fourth-order valence-corrected chi connectivity index (χ4v) is 3.60. The molecule has 1 aliphatic heterocycles. The standard InChI is InChI=1S/C15H22FN3O3S.ClH/c1-19(13-6-9-17-10-7-13)15(20)8-11-18-23(21,22)14-4-2-12(16)3-5-14;/h2-5,13,17-18H,6-11H2,1H3;1H. The summed E-state index contributed by atoms with van der Waals surface area (Å²) in [6, 6.07) is 4.77. The van der Waals surface area contributed by atoms with Crippen LogP contribution in [0.1, 0.15) is 19.3 Å². The number of halogens is 2. The summed E-state index contributed by atoms with van der Waals surface area (Å²) >= 11 is 0. The zero-order valence-electron chi connectivity index (χ0n) is 13.5. The minimum absolute atomic E-state index is 0. The molecule has 2 N–H and O–H groups in total. The minimum atomic E-state index is -3.72. The van der Waals surface area contributed by atoms with E-state index in [1.165, 1.54) is 12.1 Å². The maximum absolute atomic E-state index is 12.8. The predicted octanol–water partition coefficient (Wildman–Crippen LogP) is 1.13. The van der Waals surface area contributed by atoms with E-state index in [0.29, 0.717) is 0 Å². The Hall–Kier alpha value is -1.22. The Labute approximate surface area is 148 Å². The van der Waals surface area contributed by atoms with Crippen LogP contribution in [0.2, 0.25) is 0 Å². The van der Waals surface area contributed by atoms with E-state index in [9.17, 15) is 17.6 Å². The molecule has 0 aliphatic carbocycles. The number of carbonyl (C=O) groups excluding carboxylic acids is 1. The van der Waals surface area contributed by atoms with Crippen LogP contribution in [0, 0.1) is 5.82 Å². The van der Waals surface area contributed by atoms with Crippen LogP contribution >= 0.6 is 12.4 Å². The molecular weight excluding hydrogens is 357 g/mol. The van der Waals surface area contributed by atoms with Crippen LogP contribution in [-0.4, -0.2) is 51.9 Å². The Balaban J connectivity index is 0.00000288. The predicted molar refractivity (Wildman–Crippen MR) is 92.1 cm³/mol. The van der Waals surface area contributed by atoms with Gasteiger partial charge in [0, 0.05) is 26.1 Å². The van der Waals surface area contributed by atoms with E-state index in [-0.39, 0.29) is 42.2 Å². The minimum Gasteiger partial charge on any atom is -0.343 e. The molecule has 1 heterocycles. The highest BCUT2D eigenvalue weighted by Gasteiger charge is 2.22. The summed E-state index contributed by atoms with van der Waals surface area (Å²) in [5, 5.41) is 3.24. The van der Waals surface area contributed by atoms with Crippen LogP contribution in [-0.2, 0) is 14.8 Å². The zero-order chi connectivity index (χ0) is 16.9. The van der Waals surface area contributed by atoms with Gasteiger partial charge in [-0.25, -0.2) is 17.5 Å². The molecule has 1 amide bonds. The third kappa shape index (κ3) is 5.70. The largest absolute Gasteiger partial charge is 0.343 e. The Morgan fingerprint density at radius 1 is 1.29 bits per heavy atom. The smallest absolute Gasteiger partial charge is 0.240 e. The molecule has 0 aromatic heterocycles. The molecule has 0 radical (unpaired) electrons. The van der Waals surface area contributed by atoms with Crippen molar-refractivity contribution in [3.63, 3.8) is 0 Å². The molecule has 1 aromatic carbocycles. The number of nitrogens with zero attached hydrogens (tertiary/aromatic N) is 1. The van der Waals surface area contributed by atoms with E-state index in [1.807, 2.05) is 0 Å². The molecule has 1 aromatic rings. The second kappa shape index (κ2) is 9.31. The van der Waals surface area contributed by atoms with Crippen molar-refractivity contribution in [1.29, 1.82) is 0 Å². The van der Waals surface area contributed by atoms with Gasteiger partial charge in [0.15, 0.2) is 0 Å². The van der Waals surface area contributed by atoms with E-state index in [1.54, 1.807) is 11.9 Å². The monoisotopic (exact) mass is 379 g/mol. The molecule has 0 bridgehead atoms. The number of hydrogen-bond donors (Lipinski definition) is 2. The number of rotatable bonds is 6. The lowest BCUT2D eigenvalue weighted by Crippen LogP contribution is -2.44.